The maximum atomic E-state index is 8.60. The first kappa shape index (κ1) is 13.4. The summed E-state index contributed by atoms with van der Waals surface area (Å²) in [6, 6.07) is 3.19. The summed E-state index contributed by atoms with van der Waals surface area (Å²) in [6.07, 6.45) is 1.71. The first-order valence-corrected chi connectivity index (χ1v) is 6.20. The highest BCUT2D eigenvalue weighted by Crippen LogP contribution is 2.09. The topological polar surface area (TPSA) is 48.3 Å². The highest BCUT2D eigenvalue weighted by Gasteiger charge is 2.19. The van der Waals surface area contributed by atoms with Crippen molar-refractivity contribution >= 4 is 0 Å². The van der Waals surface area contributed by atoms with Crippen LogP contribution in [0.4, 0.5) is 0 Å². The van der Waals surface area contributed by atoms with Crippen LogP contribution in [0.25, 0.3) is 0 Å². The SMILES string of the molecule is CCN(CCC#N)C(C)CC1COCCN1. The van der Waals surface area contributed by atoms with E-state index in [9.17, 15) is 0 Å². The molecular weight excluding hydrogens is 202 g/mol. The fraction of sp³-hybridized carbons (Fsp3) is 0.917. The van der Waals surface area contributed by atoms with Gasteiger partial charge in [-0.1, -0.05) is 6.92 Å². The van der Waals surface area contributed by atoms with Crippen LogP contribution in [-0.2, 0) is 4.74 Å². The lowest BCUT2D eigenvalue weighted by Crippen LogP contribution is -2.46. The molecule has 0 aromatic carbocycles. The molecule has 0 spiro atoms. The molecule has 0 aromatic rings. The molecule has 0 aliphatic carbocycles. The predicted octanol–water partition coefficient (Wildman–Crippen LogP) is 0.989. The van der Waals surface area contributed by atoms with Crippen molar-refractivity contribution in [2.45, 2.75) is 38.8 Å². The summed E-state index contributed by atoms with van der Waals surface area (Å²) < 4.78 is 5.44. The van der Waals surface area contributed by atoms with Crippen molar-refractivity contribution in [3.8, 4) is 6.07 Å². The van der Waals surface area contributed by atoms with E-state index >= 15 is 0 Å². The van der Waals surface area contributed by atoms with Crippen molar-refractivity contribution in [2.75, 3.05) is 32.8 Å². The monoisotopic (exact) mass is 225 g/mol. The van der Waals surface area contributed by atoms with Crippen LogP contribution >= 0.6 is 0 Å². The van der Waals surface area contributed by atoms with Gasteiger partial charge in [0, 0.05) is 31.6 Å². The summed E-state index contributed by atoms with van der Waals surface area (Å²) in [6.45, 7) is 8.88. The number of nitrogens with one attached hydrogen (secondary N) is 1. The summed E-state index contributed by atoms with van der Waals surface area (Å²) in [5.74, 6) is 0. The molecule has 1 heterocycles. The minimum absolute atomic E-state index is 0.472. The number of rotatable bonds is 6. The maximum Gasteiger partial charge on any atom is 0.0635 e. The van der Waals surface area contributed by atoms with Gasteiger partial charge in [0.1, 0.15) is 0 Å². The number of nitriles is 1. The molecule has 16 heavy (non-hydrogen) atoms. The second-order valence-electron chi connectivity index (χ2n) is 4.35. The van der Waals surface area contributed by atoms with Crippen LogP contribution in [0.5, 0.6) is 0 Å². The average Bonchev–Trinajstić information content (AvgIpc) is 2.31. The quantitative estimate of drug-likeness (QED) is 0.732. The molecule has 2 atom stereocenters. The Morgan fingerprint density at radius 1 is 1.62 bits per heavy atom. The molecule has 0 amide bonds. The zero-order chi connectivity index (χ0) is 11.8. The van der Waals surface area contributed by atoms with Crippen LogP contribution in [0.3, 0.4) is 0 Å². The van der Waals surface area contributed by atoms with Crippen molar-refractivity contribution in [3.05, 3.63) is 0 Å². The Hall–Kier alpha value is -0.630. The normalized spacial score (nSPS) is 23.0. The summed E-state index contributed by atoms with van der Waals surface area (Å²) in [5.41, 5.74) is 0. The Morgan fingerprint density at radius 2 is 2.44 bits per heavy atom. The van der Waals surface area contributed by atoms with Crippen molar-refractivity contribution in [2.24, 2.45) is 0 Å². The van der Waals surface area contributed by atoms with Crippen molar-refractivity contribution in [1.29, 1.82) is 5.26 Å². The molecule has 1 N–H and O–H groups in total. The predicted molar refractivity (Wildman–Crippen MR) is 64.2 cm³/mol. The smallest absolute Gasteiger partial charge is 0.0635 e. The zero-order valence-electron chi connectivity index (χ0n) is 10.4. The molecule has 0 saturated carbocycles. The lowest BCUT2D eigenvalue weighted by molar-refractivity contribution is 0.0626. The molecule has 2 unspecified atom stereocenters. The first-order chi connectivity index (χ1) is 7.77. The zero-order valence-corrected chi connectivity index (χ0v) is 10.4. The van der Waals surface area contributed by atoms with Gasteiger partial charge in [0.15, 0.2) is 0 Å². The molecular formula is C12H23N3O. The van der Waals surface area contributed by atoms with Gasteiger partial charge in [-0.15, -0.1) is 0 Å². The number of nitrogens with zero attached hydrogens (tertiary/aromatic N) is 2. The highest BCUT2D eigenvalue weighted by molar-refractivity contribution is 4.79. The van der Waals surface area contributed by atoms with E-state index in [2.05, 4.69) is 30.1 Å². The molecule has 1 fully saturated rings. The molecule has 4 nitrogen and oxygen atoms in total. The third-order valence-electron chi connectivity index (χ3n) is 3.16. The van der Waals surface area contributed by atoms with Gasteiger partial charge in [0.25, 0.3) is 0 Å². The van der Waals surface area contributed by atoms with E-state index in [1.165, 1.54) is 0 Å². The number of hydrogen-bond acceptors (Lipinski definition) is 4. The van der Waals surface area contributed by atoms with Gasteiger partial charge in [-0.05, 0) is 19.9 Å². The number of ether oxygens (including phenoxy) is 1. The van der Waals surface area contributed by atoms with Gasteiger partial charge < -0.3 is 10.1 Å². The third kappa shape index (κ3) is 4.48. The van der Waals surface area contributed by atoms with Gasteiger partial charge in [-0.2, -0.15) is 5.26 Å². The van der Waals surface area contributed by atoms with E-state index in [1.807, 2.05) is 0 Å². The maximum absolute atomic E-state index is 8.60. The Kier molecular flexibility index (Phi) is 6.39. The van der Waals surface area contributed by atoms with Gasteiger partial charge in [-0.3, -0.25) is 4.90 Å². The standard InChI is InChI=1S/C12H23N3O/c1-3-15(7-4-5-13)11(2)9-12-10-16-8-6-14-12/h11-12,14H,3-4,6-10H2,1-2H3. The molecule has 0 aromatic heterocycles. The van der Waals surface area contributed by atoms with Crippen molar-refractivity contribution in [1.82, 2.24) is 10.2 Å². The van der Waals surface area contributed by atoms with Crippen LogP contribution in [-0.4, -0.2) is 49.8 Å². The van der Waals surface area contributed by atoms with Crippen LogP contribution in [0.15, 0.2) is 0 Å². The summed E-state index contributed by atoms with van der Waals surface area (Å²) >= 11 is 0. The van der Waals surface area contributed by atoms with Gasteiger partial charge >= 0.3 is 0 Å². The Bertz CT molecular complexity index is 221. The van der Waals surface area contributed by atoms with Crippen molar-refractivity contribution < 1.29 is 4.74 Å². The highest BCUT2D eigenvalue weighted by atomic mass is 16.5. The Balaban J connectivity index is 2.29. The molecule has 1 saturated heterocycles. The Labute approximate surface area is 98.6 Å². The van der Waals surface area contributed by atoms with Crippen LogP contribution in [0.2, 0.25) is 0 Å². The summed E-state index contributed by atoms with van der Waals surface area (Å²) in [5, 5.41) is 12.1. The summed E-state index contributed by atoms with van der Waals surface area (Å²) in [4.78, 5) is 2.36. The second kappa shape index (κ2) is 7.61. The van der Waals surface area contributed by atoms with E-state index < -0.39 is 0 Å². The molecule has 0 bridgehead atoms. The van der Waals surface area contributed by atoms with E-state index in [1.54, 1.807) is 0 Å². The average molecular weight is 225 g/mol. The van der Waals surface area contributed by atoms with E-state index in [0.29, 0.717) is 18.5 Å². The van der Waals surface area contributed by atoms with Gasteiger partial charge in [0.2, 0.25) is 0 Å². The molecule has 92 valence electrons. The first-order valence-electron chi connectivity index (χ1n) is 6.20. The summed E-state index contributed by atoms with van der Waals surface area (Å²) in [7, 11) is 0. The molecule has 1 aliphatic rings. The van der Waals surface area contributed by atoms with Crippen molar-refractivity contribution in [3.63, 3.8) is 0 Å². The lowest BCUT2D eigenvalue weighted by Gasteiger charge is -2.32. The fourth-order valence-corrected chi connectivity index (χ4v) is 2.22. The molecule has 1 rings (SSSR count). The van der Waals surface area contributed by atoms with E-state index in [0.717, 1.165) is 39.3 Å². The van der Waals surface area contributed by atoms with Crippen LogP contribution < -0.4 is 5.32 Å². The minimum Gasteiger partial charge on any atom is -0.379 e. The molecule has 1 aliphatic heterocycles. The van der Waals surface area contributed by atoms with E-state index in [4.69, 9.17) is 10.00 Å². The second-order valence-corrected chi connectivity index (χ2v) is 4.35. The van der Waals surface area contributed by atoms with Gasteiger partial charge in [-0.25, -0.2) is 0 Å². The lowest BCUT2D eigenvalue weighted by atomic mass is 10.1. The van der Waals surface area contributed by atoms with Gasteiger partial charge in [0.05, 0.1) is 19.3 Å². The third-order valence-corrected chi connectivity index (χ3v) is 3.16. The molecule has 4 heteroatoms. The van der Waals surface area contributed by atoms with Crippen LogP contribution in [0, 0.1) is 11.3 Å². The Morgan fingerprint density at radius 3 is 3.00 bits per heavy atom. The number of morpholine rings is 1. The van der Waals surface area contributed by atoms with E-state index in [-0.39, 0.29) is 0 Å². The molecule has 0 radical (unpaired) electrons. The fourth-order valence-electron chi connectivity index (χ4n) is 2.22. The number of hydrogen-bond donors (Lipinski definition) is 1. The largest absolute Gasteiger partial charge is 0.379 e. The minimum atomic E-state index is 0.472. The van der Waals surface area contributed by atoms with Crippen LogP contribution in [0.1, 0.15) is 26.7 Å².